The third kappa shape index (κ3) is 2.44. The summed E-state index contributed by atoms with van der Waals surface area (Å²) < 4.78 is 0. The Hall–Kier alpha value is -1.95. The number of H-pyrrole nitrogens is 1. The summed E-state index contributed by atoms with van der Waals surface area (Å²) >= 11 is 0. The van der Waals surface area contributed by atoms with E-state index in [9.17, 15) is 0 Å². The first kappa shape index (κ1) is 12.1. The first-order chi connectivity index (χ1) is 9.24. The number of nitrogens with one attached hydrogen (secondary N) is 1. The van der Waals surface area contributed by atoms with Gasteiger partial charge >= 0.3 is 0 Å². The van der Waals surface area contributed by atoms with Crippen LogP contribution in [0.4, 0.5) is 5.82 Å². The lowest BCUT2D eigenvalue weighted by molar-refractivity contribution is 0.503. The van der Waals surface area contributed by atoms with Crippen LogP contribution in [0.5, 0.6) is 0 Å². The smallest absolute Gasteiger partial charge is 0.151 e. The van der Waals surface area contributed by atoms with Crippen molar-refractivity contribution in [2.45, 2.75) is 25.8 Å². The summed E-state index contributed by atoms with van der Waals surface area (Å²) in [7, 11) is 0. The number of hydrogen-bond donors (Lipinski definition) is 2. The fraction of sp³-hybridized carbons (Fsp3) is 0.462. The van der Waals surface area contributed by atoms with Gasteiger partial charge in [0.25, 0.3) is 0 Å². The highest BCUT2D eigenvalue weighted by molar-refractivity contribution is 5.61. The lowest BCUT2D eigenvalue weighted by Crippen LogP contribution is -2.43. The van der Waals surface area contributed by atoms with Gasteiger partial charge in [0, 0.05) is 37.6 Å². The molecule has 0 amide bonds. The van der Waals surface area contributed by atoms with E-state index < -0.39 is 0 Å². The molecule has 1 fully saturated rings. The van der Waals surface area contributed by atoms with Crippen LogP contribution < -0.4 is 10.6 Å². The second kappa shape index (κ2) is 4.97. The third-order valence-electron chi connectivity index (χ3n) is 3.48. The van der Waals surface area contributed by atoms with Gasteiger partial charge in [-0.25, -0.2) is 0 Å². The first-order valence-electron chi connectivity index (χ1n) is 6.58. The molecule has 0 spiro atoms. The number of hydrogen-bond acceptors (Lipinski definition) is 5. The van der Waals surface area contributed by atoms with E-state index in [1.54, 1.807) is 12.4 Å². The Kier molecular flexibility index (Phi) is 3.16. The van der Waals surface area contributed by atoms with Crippen molar-refractivity contribution in [1.82, 2.24) is 20.2 Å². The zero-order valence-corrected chi connectivity index (χ0v) is 11.0. The van der Waals surface area contributed by atoms with Gasteiger partial charge in [0.05, 0.1) is 11.4 Å². The maximum atomic E-state index is 6.00. The van der Waals surface area contributed by atoms with Crippen LogP contribution in [0.2, 0.25) is 0 Å². The lowest BCUT2D eigenvalue weighted by atomic mass is 10.1. The average molecular weight is 258 g/mol. The molecule has 3 N–H and O–H groups in total. The molecule has 1 saturated heterocycles. The van der Waals surface area contributed by atoms with Gasteiger partial charge in [-0.05, 0) is 19.8 Å². The molecular weight excluding hydrogens is 240 g/mol. The Morgan fingerprint density at radius 2 is 2.21 bits per heavy atom. The van der Waals surface area contributed by atoms with Gasteiger partial charge in [0.15, 0.2) is 5.82 Å². The molecule has 3 heterocycles. The highest BCUT2D eigenvalue weighted by Gasteiger charge is 2.19. The van der Waals surface area contributed by atoms with Crippen molar-refractivity contribution in [2.75, 3.05) is 18.0 Å². The van der Waals surface area contributed by atoms with Crippen molar-refractivity contribution >= 4 is 5.82 Å². The van der Waals surface area contributed by atoms with E-state index in [1.165, 1.54) is 0 Å². The second-order valence-electron chi connectivity index (χ2n) is 4.98. The molecular formula is C13H18N6. The van der Waals surface area contributed by atoms with Crippen LogP contribution in [-0.4, -0.2) is 39.3 Å². The number of rotatable bonds is 2. The molecule has 19 heavy (non-hydrogen) atoms. The fourth-order valence-electron chi connectivity index (χ4n) is 2.48. The largest absolute Gasteiger partial charge is 0.354 e. The summed E-state index contributed by atoms with van der Waals surface area (Å²) in [5.41, 5.74) is 8.65. The maximum Gasteiger partial charge on any atom is 0.151 e. The summed E-state index contributed by atoms with van der Waals surface area (Å²) in [4.78, 5) is 10.8. The predicted molar refractivity (Wildman–Crippen MR) is 73.8 cm³/mol. The lowest BCUT2D eigenvalue weighted by Gasteiger charge is -2.30. The third-order valence-corrected chi connectivity index (χ3v) is 3.48. The first-order valence-corrected chi connectivity index (χ1v) is 6.58. The van der Waals surface area contributed by atoms with E-state index in [2.05, 4.69) is 25.1 Å². The van der Waals surface area contributed by atoms with Crippen LogP contribution in [0.25, 0.3) is 11.4 Å². The molecule has 0 saturated carbocycles. The molecule has 1 aliphatic rings. The van der Waals surface area contributed by atoms with Crippen molar-refractivity contribution in [3.05, 3.63) is 24.2 Å². The van der Waals surface area contributed by atoms with Gasteiger partial charge in [-0.1, -0.05) is 0 Å². The van der Waals surface area contributed by atoms with Crippen molar-refractivity contribution in [2.24, 2.45) is 5.73 Å². The minimum absolute atomic E-state index is 0.243. The molecule has 0 bridgehead atoms. The molecule has 0 radical (unpaired) electrons. The SMILES string of the molecule is Cc1nccnc1-c1cc(N2CCCC(N)C2)n[nH]1. The Morgan fingerprint density at radius 1 is 1.37 bits per heavy atom. The Labute approximate surface area is 112 Å². The summed E-state index contributed by atoms with van der Waals surface area (Å²) in [6.45, 7) is 3.82. The minimum atomic E-state index is 0.243. The molecule has 1 aliphatic heterocycles. The van der Waals surface area contributed by atoms with Crippen LogP contribution in [-0.2, 0) is 0 Å². The zero-order valence-electron chi connectivity index (χ0n) is 11.0. The molecule has 100 valence electrons. The molecule has 6 heteroatoms. The molecule has 1 unspecified atom stereocenters. The highest BCUT2D eigenvalue weighted by atomic mass is 15.3. The van der Waals surface area contributed by atoms with Crippen LogP contribution in [0, 0.1) is 6.92 Å². The van der Waals surface area contributed by atoms with Crippen LogP contribution in [0.3, 0.4) is 0 Å². The average Bonchev–Trinajstić information content (AvgIpc) is 2.89. The number of anilines is 1. The number of aromatic amines is 1. The van der Waals surface area contributed by atoms with E-state index in [0.29, 0.717) is 0 Å². The van der Waals surface area contributed by atoms with Gasteiger partial charge in [-0.3, -0.25) is 15.1 Å². The van der Waals surface area contributed by atoms with Crippen molar-refractivity contribution in [3.8, 4) is 11.4 Å². The number of aryl methyl sites for hydroxylation is 1. The van der Waals surface area contributed by atoms with E-state index in [0.717, 1.165) is 48.8 Å². The molecule has 0 aliphatic carbocycles. The molecule has 2 aromatic rings. The summed E-state index contributed by atoms with van der Waals surface area (Å²) in [5.74, 6) is 0.940. The number of aromatic nitrogens is 4. The van der Waals surface area contributed by atoms with Gasteiger partial charge in [-0.2, -0.15) is 5.10 Å². The number of nitrogens with two attached hydrogens (primary N) is 1. The topological polar surface area (TPSA) is 83.7 Å². The van der Waals surface area contributed by atoms with Crippen molar-refractivity contribution in [1.29, 1.82) is 0 Å². The van der Waals surface area contributed by atoms with Crippen LogP contribution in [0.15, 0.2) is 18.5 Å². The molecule has 6 nitrogen and oxygen atoms in total. The highest BCUT2D eigenvalue weighted by Crippen LogP contribution is 2.23. The summed E-state index contributed by atoms with van der Waals surface area (Å²) in [5, 5.41) is 7.41. The Morgan fingerprint density at radius 3 is 3.00 bits per heavy atom. The quantitative estimate of drug-likeness (QED) is 0.842. The standard InChI is InChI=1S/C13H18N6/c1-9-13(16-5-4-15-9)11-7-12(18-17-11)19-6-2-3-10(14)8-19/h4-5,7,10H,2-3,6,8,14H2,1H3,(H,17,18). The normalized spacial score (nSPS) is 19.7. The molecule has 1 atom stereocenters. The van der Waals surface area contributed by atoms with E-state index in [-0.39, 0.29) is 6.04 Å². The van der Waals surface area contributed by atoms with Gasteiger partial charge in [0.2, 0.25) is 0 Å². The fourth-order valence-corrected chi connectivity index (χ4v) is 2.48. The number of piperidine rings is 1. The van der Waals surface area contributed by atoms with Crippen molar-refractivity contribution in [3.63, 3.8) is 0 Å². The predicted octanol–water partition coefficient (Wildman–Crippen LogP) is 1.10. The van der Waals surface area contributed by atoms with Gasteiger partial charge < -0.3 is 10.6 Å². The molecule has 3 rings (SSSR count). The monoisotopic (exact) mass is 258 g/mol. The van der Waals surface area contributed by atoms with Crippen LogP contribution in [0.1, 0.15) is 18.5 Å². The van der Waals surface area contributed by atoms with Crippen LogP contribution >= 0.6 is 0 Å². The van der Waals surface area contributed by atoms with E-state index >= 15 is 0 Å². The van der Waals surface area contributed by atoms with Gasteiger partial charge in [-0.15, -0.1) is 0 Å². The minimum Gasteiger partial charge on any atom is -0.354 e. The molecule has 2 aromatic heterocycles. The Bertz CT molecular complexity index is 564. The summed E-state index contributed by atoms with van der Waals surface area (Å²) in [6.07, 6.45) is 5.60. The second-order valence-corrected chi connectivity index (χ2v) is 4.98. The maximum absolute atomic E-state index is 6.00. The summed E-state index contributed by atoms with van der Waals surface area (Å²) in [6, 6.07) is 2.27. The van der Waals surface area contributed by atoms with E-state index in [1.807, 2.05) is 13.0 Å². The van der Waals surface area contributed by atoms with E-state index in [4.69, 9.17) is 5.73 Å². The zero-order chi connectivity index (χ0) is 13.2. The Balaban J connectivity index is 1.85. The molecule has 0 aromatic carbocycles. The van der Waals surface area contributed by atoms with Crippen molar-refractivity contribution < 1.29 is 0 Å². The van der Waals surface area contributed by atoms with Gasteiger partial charge in [0.1, 0.15) is 5.69 Å². The number of nitrogens with zero attached hydrogens (tertiary/aromatic N) is 4.